The maximum absolute atomic E-state index is 10.6. The molecule has 1 aliphatic heterocycles. The van der Waals surface area contributed by atoms with E-state index in [0.29, 0.717) is 18.9 Å². The van der Waals surface area contributed by atoms with E-state index in [1.807, 2.05) is 24.4 Å². The normalized spacial score (nSPS) is 14.2. The molecule has 3 aromatic rings. The topological polar surface area (TPSA) is 58.5 Å². The zero-order valence-corrected chi connectivity index (χ0v) is 16.4. The Balaban J connectivity index is 1.64. The van der Waals surface area contributed by atoms with Gasteiger partial charge < -0.3 is 9.84 Å². The largest absolute Gasteiger partial charge is 0.504 e. The Kier molecular flexibility index (Phi) is 5.26. The second-order valence-corrected chi connectivity index (χ2v) is 7.18. The van der Waals surface area contributed by atoms with Gasteiger partial charge in [0.25, 0.3) is 0 Å². The minimum absolute atomic E-state index is 0.202. The van der Waals surface area contributed by atoms with Crippen LogP contribution in [-0.2, 0) is 19.5 Å². The number of ether oxygens (including phenoxy) is 1. The summed E-state index contributed by atoms with van der Waals surface area (Å²) < 4.78 is 5.89. The molecule has 0 spiro atoms. The molecular weight excluding hydrogens is 350 g/mol. The molecule has 144 valence electrons. The van der Waals surface area contributed by atoms with Gasteiger partial charge in [-0.2, -0.15) is 0 Å². The molecule has 4 rings (SSSR count). The van der Waals surface area contributed by atoms with Crippen LogP contribution in [0.3, 0.4) is 0 Å². The Morgan fingerprint density at radius 1 is 1.18 bits per heavy atom. The lowest BCUT2D eigenvalue weighted by atomic mass is 9.98. The van der Waals surface area contributed by atoms with E-state index in [9.17, 15) is 5.11 Å². The van der Waals surface area contributed by atoms with Gasteiger partial charge in [0.1, 0.15) is 12.4 Å². The monoisotopic (exact) mass is 375 g/mol. The molecule has 1 aromatic heterocycles. The Morgan fingerprint density at radius 2 is 2.04 bits per heavy atom. The summed E-state index contributed by atoms with van der Waals surface area (Å²) >= 11 is 0. The second-order valence-electron chi connectivity index (χ2n) is 7.18. The number of rotatable bonds is 4. The molecule has 0 radical (unpaired) electrons. The zero-order valence-electron chi connectivity index (χ0n) is 16.4. The van der Waals surface area contributed by atoms with Crippen molar-refractivity contribution in [3.05, 3.63) is 71.3 Å². The minimum Gasteiger partial charge on any atom is -0.504 e. The smallest absolute Gasteiger partial charge is 0.165 e. The molecule has 0 bridgehead atoms. The van der Waals surface area contributed by atoms with Crippen LogP contribution in [0.2, 0.25) is 0 Å². The van der Waals surface area contributed by atoms with E-state index in [2.05, 4.69) is 46.9 Å². The number of aryl methyl sites for hydroxylation is 2. The first-order valence-electron chi connectivity index (χ1n) is 9.72. The fourth-order valence-electron chi connectivity index (χ4n) is 3.67. The van der Waals surface area contributed by atoms with E-state index in [1.165, 1.54) is 5.56 Å². The summed E-state index contributed by atoms with van der Waals surface area (Å²) in [5.41, 5.74) is 5.33. The van der Waals surface area contributed by atoms with Gasteiger partial charge in [0.05, 0.1) is 5.69 Å². The maximum Gasteiger partial charge on any atom is 0.165 e. The van der Waals surface area contributed by atoms with E-state index < -0.39 is 0 Å². The zero-order chi connectivity index (χ0) is 19.5. The predicted octanol–water partition coefficient (Wildman–Crippen LogP) is 4.11. The van der Waals surface area contributed by atoms with Gasteiger partial charge in [-0.15, -0.1) is 0 Å². The molecule has 0 saturated carbocycles. The molecule has 1 N–H and O–H groups in total. The summed E-state index contributed by atoms with van der Waals surface area (Å²) in [7, 11) is 0. The van der Waals surface area contributed by atoms with Gasteiger partial charge >= 0.3 is 0 Å². The molecule has 5 heteroatoms. The molecular formula is C23H25N3O2. The molecule has 0 aliphatic carbocycles. The Hall–Kier alpha value is -2.92. The highest BCUT2D eigenvalue weighted by atomic mass is 16.5. The predicted molar refractivity (Wildman–Crippen MR) is 109 cm³/mol. The summed E-state index contributed by atoms with van der Waals surface area (Å²) in [4.78, 5) is 11.2. The van der Waals surface area contributed by atoms with Crippen molar-refractivity contribution in [1.82, 2.24) is 14.9 Å². The fourth-order valence-corrected chi connectivity index (χ4v) is 3.67. The van der Waals surface area contributed by atoms with Crippen molar-refractivity contribution in [3.8, 4) is 22.6 Å². The van der Waals surface area contributed by atoms with Crippen LogP contribution in [0.4, 0.5) is 0 Å². The van der Waals surface area contributed by atoms with Gasteiger partial charge in [0.2, 0.25) is 0 Å². The van der Waals surface area contributed by atoms with Crippen molar-refractivity contribution in [2.45, 2.75) is 33.4 Å². The summed E-state index contributed by atoms with van der Waals surface area (Å²) in [6.07, 6.45) is 2.65. The Bertz CT molecular complexity index is 987. The molecule has 2 aromatic carbocycles. The van der Waals surface area contributed by atoms with E-state index in [-0.39, 0.29) is 5.75 Å². The Morgan fingerprint density at radius 3 is 2.86 bits per heavy atom. The van der Waals surface area contributed by atoms with E-state index >= 15 is 0 Å². The summed E-state index contributed by atoms with van der Waals surface area (Å²) in [5.74, 6) is 1.66. The number of nitrogens with zero attached hydrogens (tertiary/aromatic N) is 3. The van der Waals surface area contributed by atoms with Crippen molar-refractivity contribution >= 4 is 0 Å². The van der Waals surface area contributed by atoms with Crippen LogP contribution in [0.25, 0.3) is 11.1 Å². The summed E-state index contributed by atoms with van der Waals surface area (Å²) in [6.45, 7) is 6.89. The lowest BCUT2D eigenvalue weighted by Crippen LogP contribution is -2.26. The van der Waals surface area contributed by atoms with Gasteiger partial charge in [-0.1, -0.05) is 31.2 Å². The third kappa shape index (κ3) is 3.85. The summed E-state index contributed by atoms with van der Waals surface area (Å²) in [6, 6.07) is 14.1. The van der Waals surface area contributed by atoms with Crippen molar-refractivity contribution in [2.24, 2.45) is 0 Å². The number of hydrogen-bond acceptors (Lipinski definition) is 5. The molecule has 0 fully saturated rings. The lowest BCUT2D eigenvalue weighted by Gasteiger charge is -2.19. The number of phenolic OH excluding ortho intramolecular Hbond substituents is 1. The van der Waals surface area contributed by atoms with Crippen LogP contribution in [-0.4, -0.2) is 33.1 Å². The first kappa shape index (κ1) is 18.4. The number of aromatic nitrogens is 2. The van der Waals surface area contributed by atoms with Crippen molar-refractivity contribution in [1.29, 1.82) is 0 Å². The standard InChI is InChI=1S/C23H25N3O2/c1-3-22-24-9-8-19(25-22)15-26-10-11-28-23-18(14-26)12-17(13-21(23)27)20-7-5-4-6-16(20)2/h4-9,12-13,27H,3,10-11,14-15H2,1-2H3. The SMILES string of the molecule is CCc1nccc(CN2CCOc3c(O)cc(-c4ccccc4C)cc3C2)n1. The van der Waals surface area contributed by atoms with Crippen molar-refractivity contribution in [2.75, 3.05) is 13.2 Å². The average Bonchev–Trinajstić information content (AvgIpc) is 2.90. The molecule has 5 nitrogen and oxygen atoms in total. The van der Waals surface area contributed by atoms with Crippen LogP contribution >= 0.6 is 0 Å². The second kappa shape index (κ2) is 7.98. The van der Waals surface area contributed by atoms with Gasteiger partial charge in [-0.3, -0.25) is 4.90 Å². The number of benzene rings is 2. The molecule has 0 saturated heterocycles. The molecule has 0 amide bonds. The quantitative estimate of drug-likeness (QED) is 0.743. The number of phenols is 1. The lowest BCUT2D eigenvalue weighted by molar-refractivity contribution is 0.215. The third-order valence-electron chi connectivity index (χ3n) is 5.12. The number of hydrogen-bond donors (Lipinski definition) is 1. The maximum atomic E-state index is 10.6. The summed E-state index contributed by atoms with van der Waals surface area (Å²) in [5, 5.41) is 10.6. The van der Waals surface area contributed by atoms with Crippen LogP contribution < -0.4 is 4.74 Å². The van der Waals surface area contributed by atoms with Crippen molar-refractivity contribution < 1.29 is 9.84 Å². The van der Waals surface area contributed by atoms with Crippen LogP contribution in [0.5, 0.6) is 11.5 Å². The van der Waals surface area contributed by atoms with Gasteiger partial charge in [-0.05, 0) is 41.8 Å². The molecule has 1 aliphatic rings. The molecule has 28 heavy (non-hydrogen) atoms. The highest BCUT2D eigenvalue weighted by molar-refractivity contribution is 5.71. The highest BCUT2D eigenvalue weighted by Crippen LogP contribution is 2.38. The third-order valence-corrected chi connectivity index (χ3v) is 5.12. The van der Waals surface area contributed by atoms with E-state index in [0.717, 1.165) is 47.7 Å². The van der Waals surface area contributed by atoms with Gasteiger partial charge in [0, 0.05) is 37.8 Å². The van der Waals surface area contributed by atoms with Crippen LogP contribution in [0.1, 0.15) is 29.6 Å². The van der Waals surface area contributed by atoms with E-state index in [1.54, 1.807) is 6.07 Å². The molecule has 0 atom stereocenters. The average molecular weight is 375 g/mol. The fraction of sp³-hybridized carbons (Fsp3) is 0.304. The van der Waals surface area contributed by atoms with Gasteiger partial charge in [-0.25, -0.2) is 9.97 Å². The van der Waals surface area contributed by atoms with Crippen LogP contribution in [0, 0.1) is 6.92 Å². The number of fused-ring (bicyclic) bond motifs is 1. The first-order valence-corrected chi connectivity index (χ1v) is 9.72. The Labute approximate surface area is 165 Å². The highest BCUT2D eigenvalue weighted by Gasteiger charge is 2.20. The van der Waals surface area contributed by atoms with Gasteiger partial charge in [0.15, 0.2) is 11.5 Å². The molecule has 2 heterocycles. The van der Waals surface area contributed by atoms with Crippen LogP contribution in [0.15, 0.2) is 48.7 Å². The first-order chi connectivity index (χ1) is 13.6. The van der Waals surface area contributed by atoms with Crippen molar-refractivity contribution in [3.63, 3.8) is 0 Å². The minimum atomic E-state index is 0.202. The molecule has 0 unspecified atom stereocenters. The number of aromatic hydroxyl groups is 1. The van der Waals surface area contributed by atoms with E-state index in [4.69, 9.17) is 4.74 Å².